The molecule has 98 valence electrons. The molecule has 0 saturated heterocycles. The van der Waals surface area contributed by atoms with E-state index in [1.807, 2.05) is 0 Å². The standard InChI is InChI=1S/C18H18Si.Zr/c1-13-11-17-15(14-7-4-3-5-8-14)9-6-10-16(17)18(13)12-19-2;/h3-11,18H,12H2,1-2H3;. The Labute approximate surface area is 136 Å². The van der Waals surface area contributed by atoms with E-state index >= 15 is 0 Å². The van der Waals surface area contributed by atoms with Gasteiger partial charge in [0.25, 0.3) is 0 Å². The van der Waals surface area contributed by atoms with E-state index in [2.05, 4.69) is 68.1 Å². The van der Waals surface area contributed by atoms with E-state index in [1.54, 1.807) is 34.5 Å². The minimum atomic E-state index is -0.119. The summed E-state index contributed by atoms with van der Waals surface area (Å²) in [6.45, 7) is 4.76. The van der Waals surface area contributed by atoms with Gasteiger partial charge >= 0.3 is 137 Å². The molecule has 1 aliphatic carbocycles. The fourth-order valence-electron chi connectivity index (χ4n) is 3.07. The molecule has 0 aromatic heterocycles. The van der Waals surface area contributed by atoms with Crippen LogP contribution in [-0.4, -0.2) is 5.43 Å². The zero-order chi connectivity index (χ0) is 14.1. The Kier molecular flexibility index (Phi) is 4.23. The van der Waals surface area contributed by atoms with Crippen LogP contribution in [-0.2, 0) is 23.3 Å². The van der Waals surface area contributed by atoms with Crippen molar-refractivity contribution in [1.82, 2.24) is 0 Å². The number of hydrogen-bond acceptors (Lipinski definition) is 0. The van der Waals surface area contributed by atoms with Crippen molar-refractivity contribution >= 4 is 11.5 Å². The van der Waals surface area contributed by atoms with E-state index in [9.17, 15) is 0 Å². The van der Waals surface area contributed by atoms with Gasteiger partial charge in [-0.2, -0.15) is 0 Å². The van der Waals surface area contributed by atoms with Crippen molar-refractivity contribution in [3.63, 3.8) is 0 Å². The molecule has 0 bridgehead atoms. The van der Waals surface area contributed by atoms with Crippen LogP contribution in [0, 0.1) is 0 Å². The zero-order valence-electron chi connectivity index (χ0n) is 12.0. The number of fused-ring (bicyclic) bond motifs is 1. The van der Waals surface area contributed by atoms with E-state index in [0.717, 1.165) is 0 Å². The third-order valence-corrected chi connectivity index (χ3v) is 6.56. The fraction of sp³-hybridized carbons (Fsp3) is 0.222. The van der Waals surface area contributed by atoms with Crippen LogP contribution < -0.4 is 0 Å². The van der Waals surface area contributed by atoms with E-state index in [-0.39, 0.29) is 5.43 Å². The molecule has 0 aliphatic heterocycles. The monoisotopic (exact) mass is 352 g/mol. The average Bonchev–Trinajstić information content (AvgIpc) is 2.76. The molecular weight excluding hydrogens is 336 g/mol. The van der Waals surface area contributed by atoms with Crippen LogP contribution in [0.1, 0.15) is 24.0 Å². The van der Waals surface area contributed by atoms with Crippen molar-refractivity contribution in [2.75, 3.05) is 0 Å². The number of hydrogen-bond donors (Lipinski definition) is 0. The first kappa shape index (κ1) is 14.2. The van der Waals surface area contributed by atoms with Crippen molar-refractivity contribution in [3.05, 3.63) is 65.2 Å². The molecule has 0 nitrogen and oxygen atoms in total. The Balaban J connectivity index is 2.11. The van der Waals surface area contributed by atoms with Crippen LogP contribution in [0.5, 0.6) is 0 Å². The summed E-state index contributed by atoms with van der Waals surface area (Å²) in [6.07, 6.45) is 2.42. The Morgan fingerprint density at radius 2 is 1.80 bits per heavy atom. The summed E-state index contributed by atoms with van der Waals surface area (Å²) >= 11 is 1.75. The normalized spacial score (nSPS) is 16.6. The van der Waals surface area contributed by atoms with Crippen molar-refractivity contribution in [2.24, 2.45) is 0 Å². The molecule has 2 heteroatoms. The minimum absolute atomic E-state index is 0.119. The van der Waals surface area contributed by atoms with Crippen molar-refractivity contribution in [2.45, 2.75) is 25.4 Å². The Morgan fingerprint density at radius 3 is 2.50 bits per heavy atom. The van der Waals surface area contributed by atoms with Gasteiger partial charge in [-0.05, 0) is 0 Å². The molecule has 0 radical (unpaired) electrons. The summed E-state index contributed by atoms with van der Waals surface area (Å²) < 4.78 is 0. The van der Waals surface area contributed by atoms with Gasteiger partial charge in [0.05, 0.1) is 0 Å². The van der Waals surface area contributed by atoms with Crippen LogP contribution in [0.4, 0.5) is 0 Å². The van der Waals surface area contributed by atoms with Crippen molar-refractivity contribution < 1.29 is 23.3 Å². The summed E-state index contributed by atoms with van der Waals surface area (Å²) in [5.74, 6) is 0.673. The van der Waals surface area contributed by atoms with Gasteiger partial charge in [-0.25, -0.2) is 0 Å². The van der Waals surface area contributed by atoms with Gasteiger partial charge in [0.1, 0.15) is 0 Å². The van der Waals surface area contributed by atoms with Crippen LogP contribution in [0.15, 0.2) is 54.1 Å². The van der Waals surface area contributed by atoms with Crippen LogP contribution >= 0.6 is 0 Å². The van der Waals surface area contributed by atoms with Crippen LogP contribution in [0.2, 0.25) is 12.6 Å². The summed E-state index contributed by atoms with van der Waals surface area (Å²) in [4.78, 5) is 0. The zero-order valence-corrected chi connectivity index (χ0v) is 15.4. The van der Waals surface area contributed by atoms with Gasteiger partial charge in [-0.15, -0.1) is 0 Å². The number of rotatable bonds is 3. The Morgan fingerprint density at radius 1 is 1.05 bits per heavy atom. The summed E-state index contributed by atoms with van der Waals surface area (Å²) in [6, 6.07) is 19.0. The van der Waals surface area contributed by atoms with Gasteiger partial charge in [0.15, 0.2) is 0 Å². The van der Waals surface area contributed by atoms with Gasteiger partial charge in [0.2, 0.25) is 0 Å². The number of allylic oxidation sites excluding steroid dienone is 1. The summed E-state index contributed by atoms with van der Waals surface area (Å²) in [5.41, 5.74) is 7.16. The fourth-order valence-corrected chi connectivity index (χ4v) is 5.73. The van der Waals surface area contributed by atoms with Crippen molar-refractivity contribution in [3.8, 4) is 11.1 Å². The third-order valence-electron chi connectivity index (χ3n) is 4.03. The second-order valence-electron chi connectivity index (χ2n) is 5.60. The molecule has 20 heavy (non-hydrogen) atoms. The first-order valence-corrected chi connectivity index (χ1v) is 13.0. The maximum atomic E-state index is 2.45. The summed E-state index contributed by atoms with van der Waals surface area (Å²) in [7, 11) is 0. The Bertz CT molecular complexity index is 686. The molecule has 0 fully saturated rings. The molecule has 1 aliphatic rings. The van der Waals surface area contributed by atoms with Gasteiger partial charge in [-0.3, -0.25) is 0 Å². The van der Waals surface area contributed by atoms with E-state index in [4.69, 9.17) is 0 Å². The summed E-state index contributed by atoms with van der Waals surface area (Å²) in [5, 5.41) is 0. The van der Waals surface area contributed by atoms with Gasteiger partial charge in [0, 0.05) is 0 Å². The van der Waals surface area contributed by atoms with Crippen LogP contribution in [0.25, 0.3) is 17.2 Å². The number of benzene rings is 2. The molecular formula is C18H18SiZr. The Hall–Kier alpha value is -0.720. The van der Waals surface area contributed by atoms with Crippen molar-refractivity contribution in [1.29, 1.82) is 0 Å². The molecule has 0 N–H and O–H groups in total. The molecule has 3 rings (SSSR count). The predicted octanol–water partition coefficient (Wildman–Crippen LogP) is 5.02. The molecule has 2 aromatic rings. The van der Waals surface area contributed by atoms with Gasteiger partial charge < -0.3 is 0 Å². The van der Waals surface area contributed by atoms with Gasteiger partial charge in [-0.1, -0.05) is 0 Å². The first-order chi connectivity index (χ1) is 9.66. The predicted molar refractivity (Wildman–Crippen MR) is 84.7 cm³/mol. The van der Waals surface area contributed by atoms with E-state index in [0.29, 0.717) is 5.92 Å². The average molecular weight is 354 g/mol. The van der Waals surface area contributed by atoms with E-state index in [1.165, 1.54) is 22.7 Å². The van der Waals surface area contributed by atoms with Crippen LogP contribution in [0.3, 0.4) is 0 Å². The topological polar surface area (TPSA) is 0 Å². The second-order valence-corrected chi connectivity index (χ2v) is 13.9. The molecule has 1 atom stereocenters. The second kappa shape index (κ2) is 5.95. The maximum absolute atomic E-state index is 2.45. The molecule has 0 amide bonds. The molecule has 0 spiro atoms. The molecule has 2 aromatic carbocycles. The third kappa shape index (κ3) is 2.69. The quantitative estimate of drug-likeness (QED) is 0.680. The first-order valence-electron chi connectivity index (χ1n) is 7.07. The molecule has 0 heterocycles. The molecule has 1 unspecified atom stereocenters. The molecule has 0 saturated carbocycles. The SMILES string of the molecule is CC1=Cc2c(-c3ccccc3)cccc2C1C[Si](C)=[Zr]. The van der Waals surface area contributed by atoms with E-state index < -0.39 is 0 Å².